The summed E-state index contributed by atoms with van der Waals surface area (Å²) in [7, 11) is 0. The third-order valence-corrected chi connectivity index (χ3v) is 3.77. The first-order valence-electron chi connectivity index (χ1n) is 7.89. The van der Waals surface area contributed by atoms with Crippen molar-refractivity contribution in [2.75, 3.05) is 26.2 Å². The predicted octanol–water partition coefficient (Wildman–Crippen LogP) is 2.25. The van der Waals surface area contributed by atoms with Crippen LogP contribution in [0.1, 0.15) is 24.8 Å². The molecule has 3 N–H and O–H groups in total. The molecule has 1 saturated heterocycles. The summed E-state index contributed by atoms with van der Waals surface area (Å²) in [6.07, 6.45) is -1.91. The van der Waals surface area contributed by atoms with Crippen LogP contribution in [0.3, 0.4) is 0 Å². The summed E-state index contributed by atoms with van der Waals surface area (Å²) in [5.41, 5.74) is 5.14. The fraction of sp³-hybridized carbons (Fsp3) is 0.562. The summed E-state index contributed by atoms with van der Waals surface area (Å²) in [6, 6.07) is 4.32. The van der Waals surface area contributed by atoms with E-state index in [0.29, 0.717) is 5.96 Å². The molecule has 0 aromatic heterocycles. The van der Waals surface area contributed by atoms with Gasteiger partial charge in [0.1, 0.15) is 18.5 Å². The van der Waals surface area contributed by atoms with Crippen LogP contribution < -0.4 is 10.5 Å². The van der Waals surface area contributed by atoms with E-state index in [9.17, 15) is 18.3 Å². The third-order valence-electron chi connectivity index (χ3n) is 3.77. The minimum absolute atomic E-state index is 0.0673. The van der Waals surface area contributed by atoms with Crippen LogP contribution in [0.15, 0.2) is 29.3 Å². The molecule has 1 unspecified atom stereocenters. The van der Waals surface area contributed by atoms with Crippen LogP contribution in [0.2, 0.25) is 0 Å². The SMILES string of the molecule is NC(=NCC(O)COc1ccc(C(F)(F)F)cc1)N1CCCCC1. The lowest BCUT2D eigenvalue weighted by atomic mass is 10.1. The maximum atomic E-state index is 12.5. The van der Waals surface area contributed by atoms with Crippen molar-refractivity contribution in [3.8, 4) is 5.75 Å². The third kappa shape index (κ3) is 5.59. The number of guanidine groups is 1. The van der Waals surface area contributed by atoms with E-state index in [-0.39, 0.29) is 18.9 Å². The van der Waals surface area contributed by atoms with E-state index < -0.39 is 17.8 Å². The molecule has 0 radical (unpaired) electrons. The fourth-order valence-corrected chi connectivity index (χ4v) is 2.41. The summed E-state index contributed by atoms with van der Waals surface area (Å²) in [4.78, 5) is 6.13. The second-order valence-electron chi connectivity index (χ2n) is 5.73. The Hall–Kier alpha value is -1.96. The van der Waals surface area contributed by atoms with Crippen molar-refractivity contribution >= 4 is 5.96 Å². The van der Waals surface area contributed by atoms with E-state index in [0.717, 1.165) is 38.1 Å². The standard InChI is InChI=1S/C16H22F3N3O2/c17-16(18,19)12-4-6-14(7-5-12)24-11-13(23)10-21-15(20)22-8-2-1-3-9-22/h4-7,13,23H,1-3,8-11H2,(H2,20,21). The molecule has 1 atom stereocenters. The first kappa shape index (κ1) is 18.4. The van der Waals surface area contributed by atoms with E-state index in [1.807, 2.05) is 4.90 Å². The number of aliphatic hydroxyl groups excluding tert-OH is 1. The summed E-state index contributed by atoms with van der Waals surface area (Å²) in [5.74, 6) is 0.665. The summed E-state index contributed by atoms with van der Waals surface area (Å²) < 4.78 is 42.6. The van der Waals surface area contributed by atoms with Gasteiger partial charge in [-0.2, -0.15) is 13.2 Å². The number of aliphatic hydroxyl groups is 1. The van der Waals surface area contributed by atoms with Gasteiger partial charge < -0.3 is 20.5 Å². The zero-order valence-electron chi connectivity index (χ0n) is 13.3. The molecule has 0 saturated carbocycles. The molecule has 134 valence electrons. The lowest BCUT2D eigenvalue weighted by molar-refractivity contribution is -0.137. The Balaban J connectivity index is 1.77. The summed E-state index contributed by atoms with van der Waals surface area (Å²) >= 11 is 0. The fourth-order valence-electron chi connectivity index (χ4n) is 2.41. The zero-order chi connectivity index (χ0) is 17.6. The number of aliphatic imine (C=N–C) groups is 1. The van der Waals surface area contributed by atoms with Crippen molar-refractivity contribution < 1.29 is 23.0 Å². The Morgan fingerprint density at radius 1 is 1.21 bits per heavy atom. The van der Waals surface area contributed by atoms with Crippen LogP contribution in [-0.2, 0) is 6.18 Å². The lowest BCUT2D eigenvalue weighted by Gasteiger charge is -2.27. The maximum Gasteiger partial charge on any atom is 0.416 e. The van der Waals surface area contributed by atoms with Gasteiger partial charge in [0.25, 0.3) is 0 Å². The molecule has 0 aliphatic carbocycles. The minimum atomic E-state index is -4.38. The van der Waals surface area contributed by atoms with Crippen LogP contribution in [0, 0.1) is 0 Å². The Bertz CT molecular complexity index is 540. The van der Waals surface area contributed by atoms with Gasteiger partial charge in [0.05, 0.1) is 12.1 Å². The van der Waals surface area contributed by atoms with Gasteiger partial charge in [-0.05, 0) is 43.5 Å². The highest BCUT2D eigenvalue weighted by Gasteiger charge is 2.30. The van der Waals surface area contributed by atoms with E-state index in [2.05, 4.69) is 4.99 Å². The molecule has 1 aromatic rings. The van der Waals surface area contributed by atoms with Crippen LogP contribution in [0.25, 0.3) is 0 Å². The smallest absolute Gasteiger partial charge is 0.416 e. The number of hydrogen-bond acceptors (Lipinski definition) is 3. The molecular weight excluding hydrogens is 323 g/mol. The number of likely N-dealkylation sites (tertiary alicyclic amines) is 1. The molecular formula is C16H22F3N3O2. The van der Waals surface area contributed by atoms with Crippen molar-refractivity contribution in [2.45, 2.75) is 31.5 Å². The quantitative estimate of drug-likeness (QED) is 0.634. The highest BCUT2D eigenvalue weighted by atomic mass is 19.4. The predicted molar refractivity (Wildman–Crippen MR) is 84.9 cm³/mol. The highest BCUT2D eigenvalue weighted by Crippen LogP contribution is 2.30. The average Bonchev–Trinajstić information content (AvgIpc) is 2.58. The van der Waals surface area contributed by atoms with Crippen LogP contribution >= 0.6 is 0 Å². The Kier molecular flexibility index (Phi) is 6.30. The normalized spacial score (nSPS) is 17.7. The second kappa shape index (κ2) is 8.23. The number of nitrogens with zero attached hydrogens (tertiary/aromatic N) is 2. The Morgan fingerprint density at radius 2 is 1.83 bits per heavy atom. The van der Waals surface area contributed by atoms with Crippen molar-refractivity contribution in [2.24, 2.45) is 10.7 Å². The highest BCUT2D eigenvalue weighted by molar-refractivity contribution is 5.78. The van der Waals surface area contributed by atoms with Gasteiger partial charge in [-0.3, -0.25) is 4.99 Å². The van der Waals surface area contributed by atoms with Crippen LogP contribution in [0.4, 0.5) is 13.2 Å². The van der Waals surface area contributed by atoms with Gasteiger partial charge in [-0.15, -0.1) is 0 Å². The van der Waals surface area contributed by atoms with Gasteiger partial charge in [0.2, 0.25) is 0 Å². The first-order valence-corrected chi connectivity index (χ1v) is 7.89. The van der Waals surface area contributed by atoms with Gasteiger partial charge in [-0.1, -0.05) is 0 Å². The van der Waals surface area contributed by atoms with Gasteiger partial charge in [0.15, 0.2) is 5.96 Å². The van der Waals surface area contributed by atoms with Crippen molar-refractivity contribution in [1.82, 2.24) is 4.90 Å². The number of rotatable bonds is 5. The minimum Gasteiger partial charge on any atom is -0.491 e. The second-order valence-corrected chi connectivity index (χ2v) is 5.73. The molecule has 5 nitrogen and oxygen atoms in total. The topological polar surface area (TPSA) is 71.1 Å². The molecule has 24 heavy (non-hydrogen) atoms. The molecule has 2 rings (SSSR count). The number of piperidine rings is 1. The van der Waals surface area contributed by atoms with Crippen molar-refractivity contribution in [3.05, 3.63) is 29.8 Å². The lowest BCUT2D eigenvalue weighted by Crippen LogP contribution is -2.41. The largest absolute Gasteiger partial charge is 0.491 e. The van der Waals surface area contributed by atoms with Gasteiger partial charge >= 0.3 is 6.18 Å². The zero-order valence-corrected chi connectivity index (χ0v) is 13.3. The Morgan fingerprint density at radius 3 is 2.42 bits per heavy atom. The van der Waals surface area contributed by atoms with E-state index in [4.69, 9.17) is 10.5 Å². The molecule has 1 aliphatic heterocycles. The molecule has 0 spiro atoms. The maximum absolute atomic E-state index is 12.5. The Labute approximate surface area is 138 Å². The number of alkyl halides is 3. The van der Waals surface area contributed by atoms with Crippen molar-refractivity contribution in [3.63, 3.8) is 0 Å². The summed E-state index contributed by atoms with van der Waals surface area (Å²) in [6.45, 7) is 1.76. The van der Waals surface area contributed by atoms with Crippen LogP contribution in [-0.4, -0.2) is 48.3 Å². The number of benzene rings is 1. The van der Waals surface area contributed by atoms with E-state index in [1.165, 1.54) is 18.6 Å². The van der Waals surface area contributed by atoms with Gasteiger partial charge in [-0.25, -0.2) is 0 Å². The monoisotopic (exact) mass is 345 g/mol. The molecule has 1 aliphatic rings. The number of ether oxygens (including phenoxy) is 1. The van der Waals surface area contributed by atoms with E-state index >= 15 is 0 Å². The van der Waals surface area contributed by atoms with Gasteiger partial charge in [0, 0.05) is 13.1 Å². The number of nitrogens with two attached hydrogens (primary N) is 1. The number of halogens is 3. The van der Waals surface area contributed by atoms with E-state index in [1.54, 1.807) is 0 Å². The molecule has 0 amide bonds. The first-order chi connectivity index (χ1) is 11.4. The summed E-state index contributed by atoms with van der Waals surface area (Å²) in [5, 5.41) is 9.86. The molecule has 1 heterocycles. The van der Waals surface area contributed by atoms with Crippen LogP contribution in [0.5, 0.6) is 5.75 Å². The molecule has 8 heteroatoms. The van der Waals surface area contributed by atoms with Crippen molar-refractivity contribution in [1.29, 1.82) is 0 Å². The molecule has 0 bridgehead atoms. The molecule has 1 fully saturated rings. The number of hydrogen-bond donors (Lipinski definition) is 2. The molecule has 1 aromatic carbocycles. The average molecular weight is 345 g/mol.